The second kappa shape index (κ2) is 7.91. The highest BCUT2D eigenvalue weighted by Gasteiger charge is 2.31. The summed E-state index contributed by atoms with van der Waals surface area (Å²) in [6.07, 6.45) is -1.02. The van der Waals surface area contributed by atoms with Crippen molar-refractivity contribution in [2.24, 2.45) is 0 Å². The normalized spacial score (nSPS) is 12.6. The molecule has 6 nitrogen and oxygen atoms in total. The number of hydrogen-bond donors (Lipinski definition) is 2. The first kappa shape index (κ1) is 18.1. The van der Waals surface area contributed by atoms with Crippen LogP contribution in [0.15, 0.2) is 30.3 Å². The van der Waals surface area contributed by atoms with Crippen LogP contribution in [0.3, 0.4) is 0 Å². The number of esters is 1. The van der Waals surface area contributed by atoms with Gasteiger partial charge in [0.1, 0.15) is 18.4 Å². The molecule has 0 saturated heterocycles. The van der Waals surface area contributed by atoms with Crippen molar-refractivity contribution in [2.45, 2.75) is 39.1 Å². The Balaban J connectivity index is 2.50. The van der Waals surface area contributed by atoms with Gasteiger partial charge in [-0.15, -0.1) is 0 Å². The van der Waals surface area contributed by atoms with E-state index in [2.05, 4.69) is 5.32 Å². The third-order valence-electron chi connectivity index (χ3n) is 3.23. The van der Waals surface area contributed by atoms with E-state index in [-0.39, 0.29) is 19.1 Å². The number of nitrogens with zero attached hydrogens (tertiary/aromatic N) is 1. The van der Waals surface area contributed by atoms with Gasteiger partial charge in [-0.1, -0.05) is 30.3 Å². The molecule has 6 heteroatoms. The van der Waals surface area contributed by atoms with Crippen LogP contribution < -0.4 is 5.32 Å². The van der Waals surface area contributed by atoms with Crippen LogP contribution in [0.4, 0.5) is 0 Å². The molecule has 0 spiro atoms. The lowest BCUT2D eigenvalue weighted by molar-refractivity contribution is -0.153. The maximum Gasteiger partial charge on any atom is 0.326 e. The van der Waals surface area contributed by atoms with Gasteiger partial charge in [-0.3, -0.25) is 14.9 Å². The van der Waals surface area contributed by atoms with Crippen LogP contribution in [0.2, 0.25) is 0 Å². The minimum absolute atomic E-state index is 0.0880. The van der Waals surface area contributed by atoms with E-state index in [4.69, 9.17) is 4.74 Å². The summed E-state index contributed by atoms with van der Waals surface area (Å²) in [5.41, 5.74) is -0.172. The molecule has 2 N–H and O–H groups in total. The molecule has 22 heavy (non-hydrogen) atoms. The number of hydrogen-bond acceptors (Lipinski definition) is 5. The van der Waals surface area contributed by atoms with Crippen molar-refractivity contribution in [3.8, 4) is 0 Å². The van der Waals surface area contributed by atoms with Gasteiger partial charge in [0.15, 0.2) is 0 Å². The Morgan fingerprint density at radius 1 is 1.32 bits per heavy atom. The number of rotatable bonds is 7. The van der Waals surface area contributed by atoms with Crippen molar-refractivity contribution >= 4 is 11.9 Å². The van der Waals surface area contributed by atoms with E-state index in [0.717, 1.165) is 5.56 Å². The van der Waals surface area contributed by atoms with Crippen LogP contribution >= 0.6 is 0 Å². The molecule has 0 radical (unpaired) electrons. The number of aliphatic hydroxyl groups excluding tert-OH is 1. The van der Waals surface area contributed by atoms with E-state index in [0.29, 0.717) is 0 Å². The van der Waals surface area contributed by atoms with Gasteiger partial charge in [-0.05, 0) is 19.4 Å². The molecule has 122 valence electrons. The van der Waals surface area contributed by atoms with Crippen molar-refractivity contribution < 1.29 is 19.4 Å². The Bertz CT molecular complexity index is 502. The van der Waals surface area contributed by atoms with Crippen LogP contribution in [-0.2, 0) is 20.9 Å². The van der Waals surface area contributed by atoms with Gasteiger partial charge in [-0.25, -0.2) is 0 Å². The highest BCUT2D eigenvalue weighted by atomic mass is 16.5. The first-order valence-corrected chi connectivity index (χ1v) is 7.11. The average Bonchev–Trinajstić information content (AvgIpc) is 2.44. The molecule has 0 aromatic heterocycles. The fourth-order valence-electron chi connectivity index (χ4n) is 1.81. The fourth-order valence-corrected chi connectivity index (χ4v) is 1.81. The molecule has 1 aromatic rings. The first-order valence-electron chi connectivity index (χ1n) is 7.11. The molecular weight excluding hydrogens is 284 g/mol. The highest BCUT2D eigenvalue weighted by molar-refractivity contribution is 5.79. The lowest BCUT2D eigenvalue weighted by atomic mass is 10.1. The van der Waals surface area contributed by atoms with Crippen molar-refractivity contribution in [3.63, 3.8) is 0 Å². The van der Waals surface area contributed by atoms with Crippen LogP contribution in [0.1, 0.15) is 26.3 Å². The Morgan fingerprint density at radius 2 is 1.91 bits per heavy atom. The summed E-state index contributed by atoms with van der Waals surface area (Å²) in [7, 11) is 1.58. The van der Waals surface area contributed by atoms with Gasteiger partial charge in [0.25, 0.3) is 0 Å². The van der Waals surface area contributed by atoms with Gasteiger partial charge in [-0.2, -0.15) is 0 Å². The average molecular weight is 308 g/mol. The third-order valence-corrected chi connectivity index (χ3v) is 3.23. The largest absolute Gasteiger partial charge is 0.459 e. The van der Waals surface area contributed by atoms with E-state index in [1.807, 2.05) is 30.3 Å². The van der Waals surface area contributed by atoms with E-state index in [1.165, 1.54) is 11.8 Å². The van der Waals surface area contributed by atoms with Gasteiger partial charge in [0, 0.05) is 14.0 Å². The van der Waals surface area contributed by atoms with Crippen molar-refractivity contribution in [2.75, 3.05) is 13.6 Å². The molecule has 1 amide bonds. The number of benzene rings is 1. The van der Waals surface area contributed by atoms with Crippen LogP contribution in [0.25, 0.3) is 0 Å². The molecule has 0 aliphatic rings. The number of carbonyl (C=O) groups is 2. The number of carbonyl (C=O) groups excluding carboxylic acids is 2. The van der Waals surface area contributed by atoms with Gasteiger partial charge >= 0.3 is 5.97 Å². The van der Waals surface area contributed by atoms with E-state index in [9.17, 15) is 14.7 Å². The highest BCUT2D eigenvalue weighted by Crippen LogP contribution is 2.09. The summed E-state index contributed by atoms with van der Waals surface area (Å²) < 4.78 is 5.25. The molecule has 0 aliphatic carbocycles. The molecule has 1 rings (SSSR count). The second-order valence-electron chi connectivity index (χ2n) is 5.75. The third kappa shape index (κ3) is 5.83. The molecule has 1 aromatic carbocycles. The van der Waals surface area contributed by atoms with Crippen molar-refractivity contribution in [1.29, 1.82) is 0 Å². The molecule has 0 heterocycles. The lowest BCUT2D eigenvalue weighted by Crippen LogP contribution is -2.55. The van der Waals surface area contributed by atoms with Gasteiger partial charge < -0.3 is 14.7 Å². The predicted molar refractivity (Wildman–Crippen MR) is 82.8 cm³/mol. The minimum atomic E-state index is -1.06. The molecule has 1 unspecified atom stereocenters. The van der Waals surface area contributed by atoms with Crippen LogP contribution in [0.5, 0.6) is 0 Å². The standard InChI is InChI=1S/C16H24N2O4/c1-12(19)18(4)10-14(20)17-16(2,3)15(21)22-11-13-8-6-5-7-9-13/h5-9,14,17,20H,10-11H2,1-4H3. The zero-order valence-electron chi connectivity index (χ0n) is 13.5. The Kier molecular flexibility index (Phi) is 6.52. The monoisotopic (exact) mass is 308 g/mol. The van der Waals surface area contributed by atoms with Gasteiger partial charge in [0.05, 0.1) is 6.54 Å². The second-order valence-corrected chi connectivity index (χ2v) is 5.75. The number of likely N-dealkylation sites (N-methyl/N-ethyl adjacent to an activating group) is 1. The van der Waals surface area contributed by atoms with E-state index >= 15 is 0 Å². The fraction of sp³-hybridized carbons (Fsp3) is 0.500. The molecule has 0 bridgehead atoms. The summed E-state index contributed by atoms with van der Waals surface area (Å²) in [5.74, 6) is -0.633. The quantitative estimate of drug-likeness (QED) is 0.578. The van der Waals surface area contributed by atoms with Crippen LogP contribution in [0, 0.1) is 0 Å². The Morgan fingerprint density at radius 3 is 2.45 bits per heavy atom. The maximum atomic E-state index is 12.1. The number of nitrogens with one attached hydrogen (secondary N) is 1. The Labute approximate surface area is 131 Å². The zero-order chi connectivity index (χ0) is 16.8. The lowest BCUT2D eigenvalue weighted by Gasteiger charge is -2.29. The predicted octanol–water partition coefficient (Wildman–Crippen LogP) is 0.895. The van der Waals surface area contributed by atoms with E-state index in [1.54, 1.807) is 20.9 Å². The topological polar surface area (TPSA) is 78.9 Å². The van der Waals surface area contributed by atoms with E-state index < -0.39 is 17.7 Å². The molecule has 0 fully saturated rings. The minimum Gasteiger partial charge on any atom is -0.459 e. The number of aliphatic hydroxyl groups is 1. The molecular formula is C16H24N2O4. The SMILES string of the molecule is CC(=O)N(C)CC(O)NC(C)(C)C(=O)OCc1ccccc1. The molecule has 1 atom stereocenters. The summed E-state index contributed by atoms with van der Waals surface area (Å²) in [6, 6.07) is 9.36. The zero-order valence-corrected chi connectivity index (χ0v) is 13.5. The Hall–Kier alpha value is -1.92. The van der Waals surface area contributed by atoms with Crippen molar-refractivity contribution in [3.05, 3.63) is 35.9 Å². The molecule has 0 saturated carbocycles. The summed E-state index contributed by atoms with van der Waals surface area (Å²) in [4.78, 5) is 24.6. The number of ether oxygens (including phenoxy) is 1. The first-order chi connectivity index (χ1) is 10.2. The smallest absolute Gasteiger partial charge is 0.326 e. The maximum absolute atomic E-state index is 12.1. The molecule has 0 aliphatic heterocycles. The van der Waals surface area contributed by atoms with Gasteiger partial charge in [0.2, 0.25) is 5.91 Å². The number of amides is 1. The van der Waals surface area contributed by atoms with Crippen molar-refractivity contribution in [1.82, 2.24) is 10.2 Å². The van der Waals surface area contributed by atoms with Crippen LogP contribution in [-0.4, -0.2) is 47.2 Å². The summed E-state index contributed by atoms with van der Waals surface area (Å²) in [6.45, 7) is 4.92. The summed E-state index contributed by atoms with van der Waals surface area (Å²) >= 11 is 0. The summed E-state index contributed by atoms with van der Waals surface area (Å²) in [5, 5.41) is 12.7.